The lowest BCUT2D eigenvalue weighted by Gasteiger charge is -2.15. The quantitative estimate of drug-likeness (QED) is 0.872. The summed E-state index contributed by atoms with van der Waals surface area (Å²) < 4.78 is 0. The van der Waals surface area contributed by atoms with Crippen LogP contribution in [0.2, 0.25) is 5.02 Å². The summed E-state index contributed by atoms with van der Waals surface area (Å²) in [5.74, 6) is 0.187. The fourth-order valence-electron chi connectivity index (χ4n) is 2.21. The third-order valence-electron chi connectivity index (χ3n) is 3.16. The molecule has 1 N–H and O–H groups in total. The molecule has 0 radical (unpaired) electrons. The summed E-state index contributed by atoms with van der Waals surface area (Å²) in [6.07, 6.45) is 3.32. The van der Waals surface area contributed by atoms with Crippen LogP contribution in [0.15, 0.2) is 24.3 Å². The normalized spacial score (nSPS) is 24.2. The van der Waals surface area contributed by atoms with Crippen LogP contribution in [0.4, 0.5) is 0 Å². The molecule has 0 aromatic heterocycles. The zero-order valence-electron chi connectivity index (χ0n) is 9.12. The van der Waals surface area contributed by atoms with Crippen LogP contribution in [0, 0.1) is 17.2 Å². The first-order valence-electron chi connectivity index (χ1n) is 5.67. The van der Waals surface area contributed by atoms with Gasteiger partial charge < -0.3 is 5.32 Å². The van der Waals surface area contributed by atoms with Gasteiger partial charge in [0.15, 0.2) is 0 Å². The number of nitrogens with one attached hydrogen (secondary N) is 1. The molecule has 1 aliphatic carbocycles. The minimum Gasteiger partial charge on any atom is -0.309 e. The molecule has 2 nitrogen and oxygen atoms in total. The standard InChI is InChI=1S/C13H15ClN2/c14-12-6-4-10(5-7-12)9-16-13-3-1-2-11(13)8-15/h4-7,11,13,16H,1-3,9H2. The minimum atomic E-state index is 0.187. The summed E-state index contributed by atoms with van der Waals surface area (Å²) >= 11 is 5.82. The average Bonchev–Trinajstić information content (AvgIpc) is 2.76. The van der Waals surface area contributed by atoms with Crippen LogP contribution in [0.3, 0.4) is 0 Å². The van der Waals surface area contributed by atoms with Crippen LogP contribution >= 0.6 is 11.6 Å². The minimum absolute atomic E-state index is 0.187. The molecule has 1 aromatic rings. The van der Waals surface area contributed by atoms with Gasteiger partial charge in [0.05, 0.1) is 12.0 Å². The van der Waals surface area contributed by atoms with Gasteiger partial charge in [-0.15, -0.1) is 0 Å². The van der Waals surface area contributed by atoms with Crippen LogP contribution in [0.25, 0.3) is 0 Å². The molecule has 84 valence electrons. The summed E-state index contributed by atoms with van der Waals surface area (Å²) in [7, 11) is 0. The van der Waals surface area contributed by atoms with Crippen molar-refractivity contribution in [1.29, 1.82) is 5.26 Å². The van der Waals surface area contributed by atoms with E-state index in [-0.39, 0.29) is 5.92 Å². The molecule has 0 aliphatic heterocycles. The first-order valence-corrected chi connectivity index (χ1v) is 6.05. The first kappa shape index (κ1) is 11.4. The number of benzene rings is 1. The summed E-state index contributed by atoms with van der Waals surface area (Å²) in [6, 6.07) is 10.6. The van der Waals surface area contributed by atoms with Crippen molar-refractivity contribution in [1.82, 2.24) is 5.32 Å². The van der Waals surface area contributed by atoms with Gasteiger partial charge >= 0.3 is 0 Å². The zero-order valence-corrected chi connectivity index (χ0v) is 9.87. The summed E-state index contributed by atoms with van der Waals surface area (Å²) in [5.41, 5.74) is 1.22. The van der Waals surface area contributed by atoms with Gasteiger partial charge in [-0.25, -0.2) is 0 Å². The third kappa shape index (κ3) is 2.75. The number of rotatable bonds is 3. The molecule has 1 aromatic carbocycles. The molecule has 2 rings (SSSR count). The van der Waals surface area contributed by atoms with Crippen molar-refractivity contribution in [3.63, 3.8) is 0 Å². The maximum Gasteiger partial charge on any atom is 0.0672 e. The van der Waals surface area contributed by atoms with E-state index < -0.39 is 0 Å². The van der Waals surface area contributed by atoms with E-state index in [2.05, 4.69) is 11.4 Å². The van der Waals surface area contributed by atoms with Crippen molar-refractivity contribution in [2.75, 3.05) is 0 Å². The fraction of sp³-hybridized carbons (Fsp3) is 0.462. The molecule has 0 spiro atoms. The Balaban J connectivity index is 1.88. The Labute approximate surface area is 101 Å². The maximum absolute atomic E-state index is 8.96. The van der Waals surface area contributed by atoms with E-state index in [1.807, 2.05) is 24.3 Å². The van der Waals surface area contributed by atoms with Gasteiger partial charge in [0.25, 0.3) is 0 Å². The fourth-order valence-corrected chi connectivity index (χ4v) is 2.34. The van der Waals surface area contributed by atoms with E-state index in [0.717, 1.165) is 30.8 Å². The second-order valence-electron chi connectivity index (χ2n) is 4.28. The average molecular weight is 235 g/mol. The number of nitriles is 1. The lowest BCUT2D eigenvalue weighted by atomic mass is 10.1. The number of nitrogens with zero attached hydrogens (tertiary/aromatic N) is 1. The predicted octanol–water partition coefficient (Wildman–Crippen LogP) is 3.12. The van der Waals surface area contributed by atoms with E-state index in [9.17, 15) is 0 Å². The Hall–Kier alpha value is -1.04. The molecular weight excluding hydrogens is 220 g/mol. The van der Waals surface area contributed by atoms with Crippen molar-refractivity contribution in [2.24, 2.45) is 5.92 Å². The Morgan fingerprint density at radius 1 is 1.31 bits per heavy atom. The molecule has 1 aliphatic rings. The van der Waals surface area contributed by atoms with Gasteiger partial charge in [-0.2, -0.15) is 5.26 Å². The van der Waals surface area contributed by atoms with Crippen LogP contribution in [0.5, 0.6) is 0 Å². The van der Waals surface area contributed by atoms with Crippen LogP contribution in [0.1, 0.15) is 24.8 Å². The topological polar surface area (TPSA) is 35.8 Å². The molecule has 1 saturated carbocycles. The third-order valence-corrected chi connectivity index (χ3v) is 3.42. The van der Waals surface area contributed by atoms with Crippen molar-refractivity contribution >= 4 is 11.6 Å². The number of halogens is 1. The summed E-state index contributed by atoms with van der Waals surface area (Å²) in [5, 5.41) is 13.2. The highest BCUT2D eigenvalue weighted by Gasteiger charge is 2.26. The molecular formula is C13H15ClN2. The predicted molar refractivity (Wildman–Crippen MR) is 65.0 cm³/mol. The van der Waals surface area contributed by atoms with Crippen LogP contribution in [-0.2, 0) is 6.54 Å². The number of hydrogen-bond acceptors (Lipinski definition) is 2. The second-order valence-corrected chi connectivity index (χ2v) is 4.72. The van der Waals surface area contributed by atoms with Gasteiger partial charge in [-0.05, 0) is 30.5 Å². The Bertz CT molecular complexity index is 380. The molecule has 16 heavy (non-hydrogen) atoms. The van der Waals surface area contributed by atoms with E-state index in [1.165, 1.54) is 5.56 Å². The molecule has 0 heterocycles. The van der Waals surface area contributed by atoms with Gasteiger partial charge in [0.2, 0.25) is 0 Å². The van der Waals surface area contributed by atoms with E-state index >= 15 is 0 Å². The van der Waals surface area contributed by atoms with E-state index in [4.69, 9.17) is 16.9 Å². The number of hydrogen-bond donors (Lipinski definition) is 1. The molecule has 2 unspecified atom stereocenters. The lowest BCUT2D eigenvalue weighted by molar-refractivity contribution is 0.464. The van der Waals surface area contributed by atoms with Crippen LogP contribution in [-0.4, -0.2) is 6.04 Å². The maximum atomic E-state index is 8.96. The van der Waals surface area contributed by atoms with Gasteiger partial charge in [0, 0.05) is 17.6 Å². The highest BCUT2D eigenvalue weighted by Crippen LogP contribution is 2.25. The first-order chi connectivity index (χ1) is 7.79. The molecule has 2 atom stereocenters. The molecule has 0 amide bonds. The Kier molecular flexibility index (Phi) is 3.82. The van der Waals surface area contributed by atoms with E-state index in [0.29, 0.717) is 6.04 Å². The van der Waals surface area contributed by atoms with Crippen molar-refractivity contribution in [3.8, 4) is 6.07 Å². The smallest absolute Gasteiger partial charge is 0.0672 e. The highest BCUT2D eigenvalue weighted by molar-refractivity contribution is 6.30. The second kappa shape index (κ2) is 5.34. The molecule has 0 saturated heterocycles. The monoisotopic (exact) mass is 234 g/mol. The lowest BCUT2D eigenvalue weighted by Crippen LogP contribution is -2.31. The Morgan fingerprint density at radius 2 is 2.06 bits per heavy atom. The van der Waals surface area contributed by atoms with Crippen molar-refractivity contribution in [2.45, 2.75) is 31.8 Å². The SMILES string of the molecule is N#CC1CCCC1NCc1ccc(Cl)cc1. The largest absolute Gasteiger partial charge is 0.309 e. The molecule has 1 fully saturated rings. The van der Waals surface area contributed by atoms with Gasteiger partial charge in [-0.3, -0.25) is 0 Å². The molecule has 0 bridgehead atoms. The molecule has 3 heteroatoms. The van der Waals surface area contributed by atoms with Gasteiger partial charge in [0.1, 0.15) is 0 Å². The van der Waals surface area contributed by atoms with Crippen molar-refractivity contribution < 1.29 is 0 Å². The van der Waals surface area contributed by atoms with Crippen LogP contribution < -0.4 is 5.32 Å². The van der Waals surface area contributed by atoms with Crippen molar-refractivity contribution in [3.05, 3.63) is 34.9 Å². The highest BCUT2D eigenvalue weighted by atomic mass is 35.5. The van der Waals surface area contributed by atoms with E-state index in [1.54, 1.807) is 0 Å². The Morgan fingerprint density at radius 3 is 2.75 bits per heavy atom. The summed E-state index contributed by atoms with van der Waals surface area (Å²) in [6.45, 7) is 0.819. The zero-order chi connectivity index (χ0) is 11.4. The van der Waals surface area contributed by atoms with Gasteiger partial charge in [-0.1, -0.05) is 30.2 Å². The summed E-state index contributed by atoms with van der Waals surface area (Å²) in [4.78, 5) is 0.